The Hall–Kier alpha value is -2.71. The molecule has 7 nitrogen and oxygen atoms in total. The molecule has 2 aromatic carbocycles. The van der Waals surface area contributed by atoms with E-state index < -0.39 is 10.7 Å². The van der Waals surface area contributed by atoms with Crippen LogP contribution in [0.5, 0.6) is 5.75 Å². The lowest BCUT2D eigenvalue weighted by Gasteiger charge is -2.11. The molecule has 134 valence electrons. The second-order valence-corrected chi connectivity index (χ2v) is 5.88. The summed E-state index contributed by atoms with van der Waals surface area (Å²) < 4.78 is 19.6. The second kappa shape index (κ2) is 7.27. The zero-order valence-electron chi connectivity index (χ0n) is 13.3. The average Bonchev–Trinajstić information content (AvgIpc) is 2.62. The SMILES string of the molecule is CCOc1cc2ncnc(Nc3ccc(Cl)c(Cl)c3F)c2cc1[N+](=O)[O-]. The maximum absolute atomic E-state index is 14.3. The molecule has 0 spiro atoms. The second-order valence-electron chi connectivity index (χ2n) is 5.10. The molecule has 0 bridgehead atoms. The van der Waals surface area contributed by atoms with Gasteiger partial charge in [0.05, 0.1) is 38.2 Å². The molecule has 1 aromatic heterocycles. The van der Waals surface area contributed by atoms with Gasteiger partial charge in [-0.3, -0.25) is 10.1 Å². The Balaban J connectivity index is 2.14. The highest BCUT2D eigenvalue weighted by Crippen LogP contribution is 2.36. The maximum Gasteiger partial charge on any atom is 0.311 e. The van der Waals surface area contributed by atoms with Crippen LogP contribution in [0.3, 0.4) is 0 Å². The van der Waals surface area contributed by atoms with Gasteiger partial charge in [0.15, 0.2) is 11.6 Å². The van der Waals surface area contributed by atoms with Gasteiger partial charge in [0.1, 0.15) is 12.1 Å². The first-order chi connectivity index (χ1) is 12.4. The van der Waals surface area contributed by atoms with Gasteiger partial charge in [0, 0.05) is 12.1 Å². The fourth-order valence-corrected chi connectivity index (χ4v) is 2.65. The van der Waals surface area contributed by atoms with Crippen LogP contribution in [0.2, 0.25) is 10.0 Å². The van der Waals surface area contributed by atoms with Crippen LogP contribution < -0.4 is 10.1 Å². The molecule has 0 amide bonds. The van der Waals surface area contributed by atoms with E-state index in [1.165, 1.54) is 30.6 Å². The van der Waals surface area contributed by atoms with E-state index in [2.05, 4.69) is 15.3 Å². The van der Waals surface area contributed by atoms with Gasteiger partial charge in [0.2, 0.25) is 0 Å². The van der Waals surface area contributed by atoms with Crippen LogP contribution in [-0.2, 0) is 0 Å². The summed E-state index contributed by atoms with van der Waals surface area (Å²) in [6, 6.07) is 5.53. The van der Waals surface area contributed by atoms with Crippen molar-refractivity contribution in [2.45, 2.75) is 6.92 Å². The highest BCUT2D eigenvalue weighted by molar-refractivity contribution is 6.42. The third kappa shape index (κ3) is 3.33. The lowest BCUT2D eigenvalue weighted by atomic mass is 10.2. The van der Waals surface area contributed by atoms with E-state index in [1.54, 1.807) is 6.92 Å². The van der Waals surface area contributed by atoms with Gasteiger partial charge < -0.3 is 10.1 Å². The molecule has 0 radical (unpaired) electrons. The van der Waals surface area contributed by atoms with Crippen molar-refractivity contribution in [3.05, 3.63) is 56.6 Å². The predicted molar refractivity (Wildman–Crippen MR) is 97.1 cm³/mol. The molecular weight excluding hydrogens is 386 g/mol. The molecule has 26 heavy (non-hydrogen) atoms. The molecule has 0 fully saturated rings. The van der Waals surface area contributed by atoms with Crippen molar-refractivity contribution in [2.24, 2.45) is 0 Å². The number of nitrogens with one attached hydrogen (secondary N) is 1. The number of rotatable bonds is 5. The highest BCUT2D eigenvalue weighted by Gasteiger charge is 2.20. The Labute approximate surface area is 156 Å². The van der Waals surface area contributed by atoms with Crippen molar-refractivity contribution < 1.29 is 14.1 Å². The van der Waals surface area contributed by atoms with E-state index in [9.17, 15) is 14.5 Å². The standard InChI is InChI=1S/C16H11Cl2FN4O3/c1-2-26-13-6-11-8(5-12(13)23(24)25)16(21-7-20-11)22-10-4-3-9(17)14(18)15(10)19/h3-7H,2H2,1H3,(H,20,21,22). The molecule has 0 saturated heterocycles. The van der Waals surface area contributed by atoms with E-state index in [0.717, 1.165) is 0 Å². The summed E-state index contributed by atoms with van der Waals surface area (Å²) in [4.78, 5) is 18.9. The molecule has 1 heterocycles. The van der Waals surface area contributed by atoms with Crippen LogP contribution in [0.1, 0.15) is 6.92 Å². The summed E-state index contributed by atoms with van der Waals surface area (Å²) in [5.41, 5.74) is 0.180. The Morgan fingerprint density at radius 3 is 2.77 bits per heavy atom. The third-order valence-electron chi connectivity index (χ3n) is 3.50. The summed E-state index contributed by atoms with van der Waals surface area (Å²) >= 11 is 11.6. The lowest BCUT2D eigenvalue weighted by molar-refractivity contribution is -0.385. The molecule has 1 N–H and O–H groups in total. The van der Waals surface area contributed by atoms with Crippen molar-refractivity contribution in [2.75, 3.05) is 11.9 Å². The highest BCUT2D eigenvalue weighted by atomic mass is 35.5. The number of aromatic nitrogens is 2. The summed E-state index contributed by atoms with van der Waals surface area (Å²) in [7, 11) is 0. The Bertz CT molecular complexity index is 1020. The van der Waals surface area contributed by atoms with Crippen LogP contribution >= 0.6 is 23.2 Å². The minimum Gasteiger partial charge on any atom is -0.487 e. The number of benzene rings is 2. The first kappa shape index (κ1) is 18.1. The Morgan fingerprint density at radius 2 is 2.08 bits per heavy atom. The van der Waals surface area contributed by atoms with Crippen molar-refractivity contribution in [3.8, 4) is 5.75 Å². The van der Waals surface area contributed by atoms with Crippen molar-refractivity contribution in [3.63, 3.8) is 0 Å². The van der Waals surface area contributed by atoms with Crippen LogP contribution in [-0.4, -0.2) is 21.5 Å². The van der Waals surface area contributed by atoms with E-state index in [1.807, 2.05) is 0 Å². The molecule has 3 rings (SSSR count). The number of hydrogen-bond acceptors (Lipinski definition) is 6. The van der Waals surface area contributed by atoms with Crippen LogP contribution in [0.25, 0.3) is 10.9 Å². The molecule has 0 aliphatic heterocycles. The summed E-state index contributed by atoms with van der Waals surface area (Å²) in [5, 5.41) is 14.2. The Morgan fingerprint density at radius 1 is 1.31 bits per heavy atom. The zero-order valence-corrected chi connectivity index (χ0v) is 14.8. The number of halogens is 3. The monoisotopic (exact) mass is 396 g/mol. The van der Waals surface area contributed by atoms with E-state index >= 15 is 0 Å². The molecule has 3 aromatic rings. The van der Waals surface area contributed by atoms with E-state index in [-0.39, 0.29) is 39.6 Å². The van der Waals surface area contributed by atoms with Gasteiger partial charge >= 0.3 is 5.69 Å². The summed E-state index contributed by atoms with van der Waals surface area (Å²) in [6.07, 6.45) is 1.25. The molecule has 0 aliphatic rings. The van der Waals surface area contributed by atoms with Gasteiger partial charge in [-0.1, -0.05) is 23.2 Å². The normalized spacial score (nSPS) is 10.8. The van der Waals surface area contributed by atoms with Crippen LogP contribution in [0.4, 0.5) is 21.6 Å². The molecule has 0 unspecified atom stereocenters. The molecular formula is C16H11Cl2FN4O3. The maximum atomic E-state index is 14.3. The number of ether oxygens (including phenoxy) is 1. The van der Waals surface area contributed by atoms with Crippen LogP contribution in [0, 0.1) is 15.9 Å². The number of fused-ring (bicyclic) bond motifs is 1. The van der Waals surface area contributed by atoms with Gasteiger partial charge in [-0.15, -0.1) is 0 Å². The van der Waals surface area contributed by atoms with Gasteiger partial charge in [-0.25, -0.2) is 14.4 Å². The van der Waals surface area contributed by atoms with Crippen molar-refractivity contribution >= 4 is 51.3 Å². The quantitative estimate of drug-likeness (QED) is 0.365. The van der Waals surface area contributed by atoms with Gasteiger partial charge in [0.25, 0.3) is 0 Å². The average molecular weight is 397 g/mol. The molecule has 0 atom stereocenters. The largest absolute Gasteiger partial charge is 0.487 e. The number of nitro benzene ring substituents is 1. The zero-order chi connectivity index (χ0) is 18.8. The predicted octanol–water partition coefficient (Wildman–Crippen LogP) is 5.13. The van der Waals surface area contributed by atoms with E-state index in [0.29, 0.717) is 10.9 Å². The number of nitro groups is 1. The van der Waals surface area contributed by atoms with Crippen molar-refractivity contribution in [1.29, 1.82) is 0 Å². The van der Waals surface area contributed by atoms with Crippen LogP contribution in [0.15, 0.2) is 30.6 Å². The van der Waals surface area contributed by atoms with Crippen molar-refractivity contribution in [1.82, 2.24) is 9.97 Å². The van der Waals surface area contributed by atoms with Gasteiger partial charge in [-0.05, 0) is 19.1 Å². The number of hydrogen-bond donors (Lipinski definition) is 1. The number of nitrogens with zero attached hydrogens (tertiary/aromatic N) is 3. The molecule has 10 heteroatoms. The fourth-order valence-electron chi connectivity index (χ4n) is 2.34. The summed E-state index contributed by atoms with van der Waals surface area (Å²) in [5.74, 6) is -0.486. The molecule has 0 aliphatic carbocycles. The minimum absolute atomic E-state index is 0.0240. The fraction of sp³-hybridized carbons (Fsp3) is 0.125. The first-order valence-electron chi connectivity index (χ1n) is 7.38. The minimum atomic E-state index is -0.758. The lowest BCUT2D eigenvalue weighted by Crippen LogP contribution is -2.01. The summed E-state index contributed by atoms with van der Waals surface area (Å²) in [6.45, 7) is 1.98. The van der Waals surface area contributed by atoms with E-state index in [4.69, 9.17) is 27.9 Å². The smallest absolute Gasteiger partial charge is 0.311 e. The topological polar surface area (TPSA) is 90.2 Å². The van der Waals surface area contributed by atoms with Gasteiger partial charge in [-0.2, -0.15) is 0 Å². The Kier molecular flexibility index (Phi) is 5.06. The number of anilines is 2. The first-order valence-corrected chi connectivity index (χ1v) is 8.14. The third-order valence-corrected chi connectivity index (χ3v) is 4.28. The molecule has 0 saturated carbocycles.